The summed E-state index contributed by atoms with van der Waals surface area (Å²) in [5, 5.41) is 7.89. The molecule has 0 aliphatic heterocycles. The van der Waals surface area contributed by atoms with Crippen molar-refractivity contribution in [1.82, 2.24) is 25.0 Å². The van der Waals surface area contributed by atoms with Gasteiger partial charge in [-0.25, -0.2) is 0 Å². The van der Waals surface area contributed by atoms with E-state index < -0.39 is 0 Å². The summed E-state index contributed by atoms with van der Waals surface area (Å²) in [4.78, 5) is 6.24. The summed E-state index contributed by atoms with van der Waals surface area (Å²) in [6.07, 6.45) is 6.45. The van der Waals surface area contributed by atoms with E-state index >= 15 is 0 Å². The lowest BCUT2D eigenvalue weighted by atomic mass is 10.0. The maximum atomic E-state index is 4.49. The molecule has 0 saturated carbocycles. The number of halogens is 1. The molecule has 114 valence electrons. The van der Waals surface area contributed by atoms with Crippen molar-refractivity contribution >= 4 is 15.9 Å². The molecule has 0 aliphatic carbocycles. The van der Waals surface area contributed by atoms with Crippen LogP contribution >= 0.6 is 15.9 Å². The van der Waals surface area contributed by atoms with E-state index in [-0.39, 0.29) is 6.04 Å². The predicted molar refractivity (Wildman–Crippen MR) is 88.2 cm³/mol. The Kier molecular flexibility index (Phi) is 5.90. The normalized spacial score (nSPS) is 12.8. The number of hydrogen-bond donors (Lipinski definition) is 1. The van der Waals surface area contributed by atoms with Gasteiger partial charge < -0.3 is 10.2 Å². The van der Waals surface area contributed by atoms with Gasteiger partial charge >= 0.3 is 0 Å². The highest BCUT2D eigenvalue weighted by Crippen LogP contribution is 2.25. The fraction of sp³-hybridized carbons (Fsp3) is 0.467. The maximum Gasteiger partial charge on any atom is 0.0699 e. The maximum absolute atomic E-state index is 4.49. The van der Waals surface area contributed by atoms with Crippen LogP contribution in [0.15, 0.2) is 35.2 Å². The molecule has 2 aromatic rings. The zero-order valence-electron chi connectivity index (χ0n) is 12.8. The van der Waals surface area contributed by atoms with Crippen molar-refractivity contribution in [3.63, 3.8) is 0 Å². The number of nitrogens with zero attached hydrogens (tertiary/aromatic N) is 4. The zero-order chi connectivity index (χ0) is 15.2. The summed E-state index contributed by atoms with van der Waals surface area (Å²) in [6, 6.07) is 4.32. The van der Waals surface area contributed by atoms with Gasteiger partial charge in [-0.05, 0) is 61.2 Å². The number of pyridine rings is 1. The van der Waals surface area contributed by atoms with Crippen LogP contribution in [-0.2, 0) is 13.0 Å². The van der Waals surface area contributed by atoms with Gasteiger partial charge in [0.15, 0.2) is 0 Å². The molecular formula is C15H22BrN5. The first-order valence-electron chi connectivity index (χ1n) is 7.04. The second-order valence-electron chi connectivity index (χ2n) is 5.31. The number of hydrogen-bond acceptors (Lipinski definition) is 4. The molecule has 0 radical (unpaired) electrons. The van der Waals surface area contributed by atoms with E-state index in [1.807, 2.05) is 25.6 Å². The van der Waals surface area contributed by atoms with Crippen LogP contribution in [0.3, 0.4) is 0 Å². The van der Waals surface area contributed by atoms with Crippen LogP contribution in [0, 0.1) is 0 Å². The molecule has 1 N–H and O–H groups in total. The third-order valence-electron chi connectivity index (χ3n) is 3.46. The molecule has 1 unspecified atom stereocenters. The molecule has 6 heteroatoms. The topological polar surface area (TPSA) is 46.0 Å². The van der Waals surface area contributed by atoms with Gasteiger partial charge in [-0.3, -0.25) is 9.67 Å². The van der Waals surface area contributed by atoms with Crippen LogP contribution in [0.25, 0.3) is 0 Å². The molecule has 0 aromatic carbocycles. The van der Waals surface area contributed by atoms with Crippen molar-refractivity contribution in [3.8, 4) is 0 Å². The standard InChI is InChI=1S/C15H22BrN5/c1-17-14(10-12-4-6-18-7-5-12)15-13(16)11-19-21(15)9-8-20(2)3/h4-7,11,14,17H,8-10H2,1-3H3. The smallest absolute Gasteiger partial charge is 0.0699 e. The van der Waals surface area contributed by atoms with Gasteiger partial charge in [0.1, 0.15) is 0 Å². The zero-order valence-corrected chi connectivity index (χ0v) is 14.3. The predicted octanol–water partition coefficient (Wildman–Crippen LogP) is 2.11. The minimum atomic E-state index is 0.214. The van der Waals surface area contributed by atoms with Crippen molar-refractivity contribution < 1.29 is 0 Å². The SMILES string of the molecule is CNC(Cc1ccncc1)c1c(Br)cnn1CCN(C)C. The van der Waals surface area contributed by atoms with E-state index in [4.69, 9.17) is 0 Å². The summed E-state index contributed by atoms with van der Waals surface area (Å²) in [7, 11) is 6.14. The Morgan fingerprint density at radius 2 is 2.05 bits per heavy atom. The highest BCUT2D eigenvalue weighted by atomic mass is 79.9. The van der Waals surface area contributed by atoms with E-state index in [1.165, 1.54) is 11.3 Å². The van der Waals surface area contributed by atoms with Crippen LogP contribution in [-0.4, -0.2) is 47.4 Å². The molecule has 0 fully saturated rings. The van der Waals surface area contributed by atoms with Crippen molar-refractivity contribution in [2.75, 3.05) is 27.7 Å². The van der Waals surface area contributed by atoms with Gasteiger partial charge in [0.2, 0.25) is 0 Å². The van der Waals surface area contributed by atoms with Gasteiger partial charge in [0.25, 0.3) is 0 Å². The molecule has 0 amide bonds. The van der Waals surface area contributed by atoms with Crippen LogP contribution in [0.1, 0.15) is 17.3 Å². The van der Waals surface area contributed by atoms with E-state index in [0.717, 1.165) is 24.0 Å². The lowest BCUT2D eigenvalue weighted by Gasteiger charge is -2.20. The van der Waals surface area contributed by atoms with E-state index in [1.54, 1.807) is 0 Å². The van der Waals surface area contributed by atoms with Crippen LogP contribution < -0.4 is 5.32 Å². The summed E-state index contributed by atoms with van der Waals surface area (Å²) in [5.74, 6) is 0. The second-order valence-corrected chi connectivity index (χ2v) is 6.16. The number of rotatable bonds is 7. The van der Waals surface area contributed by atoms with Crippen molar-refractivity contribution in [2.45, 2.75) is 19.0 Å². The summed E-state index contributed by atoms with van der Waals surface area (Å²) in [6.45, 7) is 1.84. The fourth-order valence-corrected chi connectivity index (χ4v) is 2.85. The van der Waals surface area contributed by atoms with Gasteiger partial charge in [-0.1, -0.05) is 0 Å². The number of nitrogens with one attached hydrogen (secondary N) is 1. The number of likely N-dealkylation sites (N-methyl/N-ethyl adjacent to an activating group) is 2. The Morgan fingerprint density at radius 3 is 2.67 bits per heavy atom. The van der Waals surface area contributed by atoms with E-state index in [0.29, 0.717) is 0 Å². The van der Waals surface area contributed by atoms with Crippen molar-refractivity contribution in [3.05, 3.63) is 46.5 Å². The molecule has 21 heavy (non-hydrogen) atoms. The molecule has 2 heterocycles. The quantitative estimate of drug-likeness (QED) is 0.829. The van der Waals surface area contributed by atoms with Gasteiger partial charge in [0, 0.05) is 18.9 Å². The molecule has 0 spiro atoms. The van der Waals surface area contributed by atoms with Crippen molar-refractivity contribution in [1.29, 1.82) is 0 Å². The minimum Gasteiger partial charge on any atom is -0.311 e. The third-order valence-corrected chi connectivity index (χ3v) is 4.07. The fourth-order valence-electron chi connectivity index (χ4n) is 2.28. The minimum absolute atomic E-state index is 0.214. The number of aromatic nitrogens is 3. The molecule has 0 bridgehead atoms. The Balaban J connectivity index is 2.19. The molecular weight excluding hydrogens is 330 g/mol. The summed E-state index contributed by atoms with van der Waals surface area (Å²) >= 11 is 3.63. The van der Waals surface area contributed by atoms with Crippen LogP contribution in [0.4, 0.5) is 0 Å². The highest BCUT2D eigenvalue weighted by molar-refractivity contribution is 9.10. The van der Waals surface area contributed by atoms with Crippen LogP contribution in [0.2, 0.25) is 0 Å². The van der Waals surface area contributed by atoms with E-state index in [2.05, 4.69) is 67.1 Å². The third kappa shape index (κ3) is 4.36. The second kappa shape index (κ2) is 7.68. The molecule has 2 aromatic heterocycles. The monoisotopic (exact) mass is 351 g/mol. The molecule has 2 rings (SSSR count). The lowest BCUT2D eigenvalue weighted by molar-refractivity contribution is 0.363. The van der Waals surface area contributed by atoms with Crippen molar-refractivity contribution in [2.24, 2.45) is 0 Å². The molecule has 0 aliphatic rings. The Bertz CT molecular complexity index is 552. The Morgan fingerprint density at radius 1 is 1.33 bits per heavy atom. The first kappa shape index (κ1) is 16.1. The van der Waals surface area contributed by atoms with E-state index in [9.17, 15) is 0 Å². The molecule has 5 nitrogen and oxygen atoms in total. The first-order chi connectivity index (χ1) is 10.1. The lowest BCUT2D eigenvalue weighted by Crippen LogP contribution is -2.26. The molecule has 1 atom stereocenters. The average Bonchev–Trinajstić information content (AvgIpc) is 2.85. The highest BCUT2D eigenvalue weighted by Gasteiger charge is 2.19. The van der Waals surface area contributed by atoms with Crippen LogP contribution in [0.5, 0.6) is 0 Å². The van der Waals surface area contributed by atoms with Gasteiger partial charge in [-0.2, -0.15) is 5.10 Å². The largest absolute Gasteiger partial charge is 0.311 e. The van der Waals surface area contributed by atoms with Gasteiger partial charge in [0.05, 0.1) is 29.0 Å². The Labute approximate surface area is 134 Å². The summed E-state index contributed by atoms with van der Waals surface area (Å²) < 4.78 is 3.13. The molecule has 0 saturated heterocycles. The Hall–Kier alpha value is -1.24. The summed E-state index contributed by atoms with van der Waals surface area (Å²) in [5.41, 5.74) is 2.45. The average molecular weight is 352 g/mol. The first-order valence-corrected chi connectivity index (χ1v) is 7.83. The van der Waals surface area contributed by atoms with Gasteiger partial charge in [-0.15, -0.1) is 0 Å².